The molecular weight excluding hydrogens is 119 g/mol. The smallest absolute Gasteiger partial charge is 0.307 e. The van der Waals surface area contributed by atoms with Gasteiger partial charge in [-0.1, -0.05) is 0 Å². The van der Waals surface area contributed by atoms with E-state index in [1.54, 1.807) is 0 Å². The maximum atomic E-state index is 10.3. The van der Waals surface area contributed by atoms with Crippen molar-refractivity contribution in [2.75, 3.05) is 13.1 Å². The molecule has 1 saturated heterocycles. The molecule has 9 heavy (non-hydrogen) atoms. The van der Waals surface area contributed by atoms with Crippen LogP contribution in [0.2, 0.25) is 0 Å². The Morgan fingerprint density at radius 2 is 2.44 bits per heavy atom. The molecule has 0 radical (unpaired) electrons. The van der Waals surface area contributed by atoms with E-state index in [9.17, 15) is 4.79 Å². The molecule has 1 unspecified atom stereocenters. The lowest BCUT2D eigenvalue weighted by Gasteiger charge is -2.18. The zero-order valence-corrected chi connectivity index (χ0v) is 5.26. The standard InChI is InChI=1S/C6H11NO2/c8-6(9)5-2-1-3-7-4-5/h5,7H,1-4H2,(H,8,9)/i6+1. The fourth-order valence-electron chi connectivity index (χ4n) is 1.06. The van der Waals surface area contributed by atoms with Crippen molar-refractivity contribution in [2.24, 2.45) is 5.92 Å². The van der Waals surface area contributed by atoms with E-state index >= 15 is 0 Å². The van der Waals surface area contributed by atoms with Crippen molar-refractivity contribution in [3.63, 3.8) is 0 Å². The van der Waals surface area contributed by atoms with Gasteiger partial charge in [-0.3, -0.25) is 4.79 Å². The van der Waals surface area contributed by atoms with Crippen LogP contribution < -0.4 is 5.32 Å². The first-order chi connectivity index (χ1) is 4.30. The van der Waals surface area contributed by atoms with Gasteiger partial charge in [-0.15, -0.1) is 0 Å². The van der Waals surface area contributed by atoms with Gasteiger partial charge in [0.2, 0.25) is 0 Å². The van der Waals surface area contributed by atoms with Gasteiger partial charge in [-0.25, -0.2) is 0 Å². The summed E-state index contributed by atoms with van der Waals surface area (Å²) < 4.78 is 0. The zero-order valence-electron chi connectivity index (χ0n) is 5.26. The predicted octanol–water partition coefficient (Wildman–Crippen LogP) is 0.0706. The minimum Gasteiger partial charge on any atom is -0.481 e. The third-order valence-corrected chi connectivity index (χ3v) is 1.65. The maximum Gasteiger partial charge on any atom is 0.307 e. The highest BCUT2D eigenvalue weighted by Crippen LogP contribution is 2.08. The number of nitrogens with one attached hydrogen (secondary N) is 1. The molecule has 3 heteroatoms. The van der Waals surface area contributed by atoms with Crippen LogP contribution in [0.4, 0.5) is 0 Å². The van der Waals surface area contributed by atoms with Crippen LogP contribution in [0.15, 0.2) is 0 Å². The first-order valence-corrected chi connectivity index (χ1v) is 3.24. The van der Waals surface area contributed by atoms with E-state index in [0.717, 1.165) is 19.4 Å². The Bertz CT molecular complexity index is 108. The van der Waals surface area contributed by atoms with Crippen molar-refractivity contribution in [1.82, 2.24) is 5.32 Å². The Hall–Kier alpha value is -0.570. The van der Waals surface area contributed by atoms with E-state index < -0.39 is 5.97 Å². The summed E-state index contributed by atoms with van der Waals surface area (Å²) in [4.78, 5) is 10.3. The van der Waals surface area contributed by atoms with E-state index in [0.29, 0.717) is 6.54 Å². The molecule has 1 fully saturated rings. The number of carbonyl (C=O) groups is 1. The maximum absolute atomic E-state index is 10.3. The molecule has 0 aromatic carbocycles. The Labute approximate surface area is 54.1 Å². The highest BCUT2D eigenvalue weighted by molar-refractivity contribution is 5.70. The SMILES string of the molecule is O=[13C](O)C1CCCNC1. The van der Waals surface area contributed by atoms with Crippen molar-refractivity contribution in [3.05, 3.63) is 0 Å². The second kappa shape index (κ2) is 2.82. The summed E-state index contributed by atoms with van der Waals surface area (Å²) in [6.45, 7) is 1.62. The quantitative estimate of drug-likeness (QED) is 0.494. The van der Waals surface area contributed by atoms with Crippen molar-refractivity contribution >= 4 is 5.97 Å². The van der Waals surface area contributed by atoms with E-state index in [1.807, 2.05) is 0 Å². The van der Waals surface area contributed by atoms with Gasteiger partial charge in [-0.05, 0) is 19.4 Å². The van der Waals surface area contributed by atoms with Crippen molar-refractivity contribution in [2.45, 2.75) is 12.8 Å². The summed E-state index contributed by atoms with van der Waals surface area (Å²) in [7, 11) is 0. The summed E-state index contributed by atoms with van der Waals surface area (Å²) in [6, 6.07) is 0. The number of hydrogen-bond donors (Lipinski definition) is 2. The number of aliphatic carboxylic acids is 1. The fourth-order valence-corrected chi connectivity index (χ4v) is 1.06. The van der Waals surface area contributed by atoms with Crippen molar-refractivity contribution in [1.29, 1.82) is 0 Å². The van der Waals surface area contributed by atoms with Gasteiger partial charge in [0.15, 0.2) is 0 Å². The molecule has 2 N–H and O–H groups in total. The molecule has 1 aliphatic rings. The summed E-state index contributed by atoms with van der Waals surface area (Å²) in [5, 5.41) is 11.5. The van der Waals surface area contributed by atoms with Gasteiger partial charge >= 0.3 is 5.97 Å². The summed E-state index contributed by atoms with van der Waals surface area (Å²) in [5.74, 6) is -0.805. The molecule has 1 heterocycles. The summed E-state index contributed by atoms with van der Waals surface area (Å²) in [6.07, 6.45) is 1.83. The average molecular weight is 130 g/mol. The molecule has 1 atom stereocenters. The third kappa shape index (κ3) is 1.68. The van der Waals surface area contributed by atoms with Crippen LogP contribution in [0.1, 0.15) is 12.8 Å². The van der Waals surface area contributed by atoms with E-state index in [-0.39, 0.29) is 5.92 Å². The van der Waals surface area contributed by atoms with E-state index in [2.05, 4.69) is 5.32 Å². The van der Waals surface area contributed by atoms with Crippen LogP contribution >= 0.6 is 0 Å². The summed E-state index contributed by atoms with van der Waals surface area (Å²) in [5.41, 5.74) is 0. The molecule has 0 saturated carbocycles. The highest BCUT2D eigenvalue weighted by Gasteiger charge is 2.18. The molecule has 0 bridgehead atoms. The van der Waals surface area contributed by atoms with E-state index in [4.69, 9.17) is 5.11 Å². The molecule has 3 nitrogen and oxygen atoms in total. The van der Waals surface area contributed by atoms with Crippen molar-refractivity contribution < 1.29 is 9.90 Å². The Balaban J connectivity index is 2.31. The minimum atomic E-state index is -0.665. The first kappa shape index (κ1) is 6.55. The van der Waals surface area contributed by atoms with Gasteiger partial charge in [0, 0.05) is 6.54 Å². The van der Waals surface area contributed by atoms with Gasteiger partial charge < -0.3 is 10.4 Å². The Morgan fingerprint density at radius 3 is 2.78 bits per heavy atom. The van der Waals surface area contributed by atoms with Crippen molar-refractivity contribution in [3.8, 4) is 0 Å². The third-order valence-electron chi connectivity index (χ3n) is 1.65. The number of carboxylic acids is 1. The molecule has 0 spiro atoms. The topological polar surface area (TPSA) is 49.3 Å². The van der Waals surface area contributed by atoms with Crippen LogP contribution in [0.5, 0.6) is 0 Å². The van der Waals surface area contributed by atoms with Gasteiger partial charge in [-0.2, -0.15) is 0 Å². The summed E-state index contributed by atoms with van der Waals surface area (Å²) >= 11 is 0. The highest BCUT2D eigenvalue weighted by atomic mass is 16.5. The number of piperidine rings is 1. The zero-order chi connectivity index (χ0) is 6.69. The van der Waals surface area contributed by atoms with Crippen LogP contribution in [0.25, 0.3) is 0 Å². The molecular formula is C6H11NO2. The number of carboxylic acid groups (broad SMARTS) is 1. The second-order valence-corrected chi connectivity index (χ2v) is 2.38. The molecule has 1 rings (SSSR count). The molecule has 0 aliphatic carbocycles. The van der Waals surface area contributed by atoms with Gasteiger partial charge in [0.05, 0.1) is 5.92 Å². The molecule has 52 valence electrons. The van der Waals surface area contributed by atoms with Gasteiger partial charge in [0.25, 0.3) is 0 Å². The van der Waals surface area contributed by atoms with Crippen LogP contribution in [0.3, 0.4) is 0 Å². The molecule has 0 aromatic rings. The average Bonchev–Trinajstić information content (AvgIpc) is 1.90. The lowest BCUT2D eigenvalue weighted by molar-refractivity contribution is -0.142. The predicted molar refractivity (Wildman–Crippen MR) is 33.2 cm³/mol. The second-order valence-electron chi connectivity index (χ2n) is 2.38. The molecule has 0 aromatic heterocycles. The lowest BCUT2D eigenvalue weighted by atomic mass is 10.1. The first-order valence-electron chi connectivity index (χ1n) is 3.24. The molecule has 0 amide bonds. The molecule has 1 aliphatic heterocycles. The number of rotatable bonds is 1. The van der Waals surface area contributed by atoms with Gasteiger partial charge in [0.1, 0.15) is 0 Å². The van der Waals surface area contributed by atoms with Crippen LogP contribution in [0, 0.1) is 5.92 Å². The van der Waals surface area contributed by atoms with Crippen LogP contribution in [-0.2, 0) is 4.79 Å². The Kier molecular flexibility index (Phi) is 2.05. The van der Waals surface area contributed by atoms with Crippen LogP contribution in [-0.4, -0.2) is 24.2 Å². The lowest BCUT2D eigenvalue weighted by Crippen LogP contribution is -2.34. The normalized spacial score (nSPS) is 27.8. The fraction of sp³-hybridized carbons (Fsp3) is 0.833. The minimum absolute atomic E-state index is 0.140. The number of hydrogen-bond acceptors (Lipinski definition) is 2. The Morgan fingerprint density at radius 1 is 1.67 bits per heavy atom. The monoisotopic (exact) mass is 130 g/mol. The largest absolute Gasteiger partial charge is 0.481 e. The van der Waals surface area contributed by atoms with E-state index in [1.165, 1.54) is 0 Å².